The van der Waals surface area contributed by atoms with E-state index >= 15 is 0 Å². The molecular formula is C18H19ClN2O3. The van der Waals surface area contributed by atoms with Gasteiger partial charge < -0.3 is 4.74 Å². The minimum absolute atomic E-state index is 0.611. The number of benzene rings is 2. The SMILES string of the molecule is CC=NOC(=O)Nc1ccc(OCCCc2ccc(Cl)cc2)cc1. The van der Waals surface area contributed by atoms with E-state index in [2.05, 4.69) is 15.3 Å². The molecule has 0 saturated heterocycles. The fraction of sp³-hybridized carbons (Fsp3) is 0.222. The highest BCUT2D eigenvalue weighted by Gasteiger charge is 2.02. The number of oxime groups is 1. The van der Waals surface area contributed by atoms with Gasteiger partial charge in [-0.2, -0.15) is 0 Å². The number of nitrogens with zero attached hydrogens (tertiary/aromatic N) is 1. The van der Waals surface area contributed by atoms with Crippen LogP contribution in [0.25, 0.3) is 0 Å². The molecule has 2 aromatic carbocycles. The van der Waals surface area contributed by atoms with Crippen LogP contribution in [0.3, 0.4) is 0 Å². The van der Waals surface area contributed by atoms with Crippen LogP contribution in [0.2, 0.25) is 5.02 Å². The molecule has 0 atom stereocenters. The molecule has 0 aliphatic rings. The Balaban J connectivity index is 1.71. The zero-order valence-electron chi connectivity index (χ0n) is 13.4. The molecule has 24 heavy (non-hydrogen) atoms. The van der Waals surface area contributed by atoms with E-state index in [0.29, 0.717) is 12.3 Å². The summed E-state index contributed by atoms with van der Waals surface area (Å²) in [7, 11) is 0. The molecule has 0 unspecified atom stereocenters. The summed E-state index contributed by atoms with van der Waals surface area (Å²) in [5.74, 6) is 0.747. The lowest BCUT2D eigenvalue weighted by Gasteiger charge is -2.08. The number of hydrogen-bond acceptors (Lipinski definition) is 4. The number of rotatable bonds is 7. The maximum atomic E-state index is 11.3. The second kappa shape index (κ2) is 9.57. The van der Waals surface area contributed by atoms with E-state index in [0.717, 1.165) is 23.6 Å². The van der Waals surface area contributed by atoms with Gasteiger partial charge in [0.05, 0.1) is 6.61 Å². The zero-order chi connectivity index (χ0) is 17.2. The molecule has 1 amide bonds. The Kier molecular flexibility index (Phi) is 7.11. The molecule has 0 saturated carbocycles. The number of aryl methyl sites for hydroxylation is 1. The maximum Gasteiger partial charge on any atom is 0.437 e. The van der Waals surface area contributed by atoms with Gasteiger partial charge in [0.15, 0.2) is 0 Å². The topological polar surface area (TPSA) is 59.9 Å². The van der Waals surface area contributed by atoms with Crippen molar-refractivity contribution < 1.29 is 14.4 Å². The second-order valence-electron chi connectivity index (χ2n) is 4.97. The predicted octanol–water partition coefficient (Wildman–Crippen LogP) is 4.91. The normalized spacial score (nSPS) is 10.6. The van der Waals surface area contributed by atoms with Crippen LogP contribution in [0.5, 0.6) is 5.75 Å². The summed E-state index contributed by atoms with van der Waals surface area (Å²) in [4.78, 5) is 15.9. The van der Waals surface area contributed by atoms with Crippen LogP contribution in [0.15, 0.2) is 53.7 Å². The van der Waals surface area contributed by atoms with Gasteiger partial charge in [-0.3, -0.25) is 10.2 Å². The van der Waals surface area contributed by atoms with Gasteiger partial charge in [0, 0.05) is 16.9 Å². The smallest absolute Gasteiger partial charge is 0.437 e. The first-order chi connectivity index (χ1) is 11.7. The second-order valence-corrected chi connectivity index (χ2v) is 5.41. The molecule has 126 valence electrons. The van der Waals surface area contributed by atoms with Crippen molar-refractivity contribution in [1.82, 2.24) is 0 Å². The summed E-state index contributed by atoms with van der Waals surface area (Å²) in [5, 5.41) is 6.70. The fourth-order valence-electron chi connectivity index (χ4n) is 1.99. The van der Waals surface area contributed by atoms with Crippen molar-refractivity contribution in [3.05, 3.63) is 59.1 Å². The molecule has 0 spiro atoms. The quantitative estimate of drug-likeness (QED) is 0.335. The van der Waals surface area contributed by atoms with E-state index in [1.54, 1.807) is 31.2 Å². The molecule has 0 bridgehead atoms. The van der Waals surface area contributed by atoms with Crippen molar-refractivity contribution in [2.24, 2.45) is 5.16 Å². The number of hydrogen-bond donors (Lipinski definition) is 1. The Morgan fingerprint density at radius 3 is 2.54 bits per heavy atom. The molecule has 0 aliphatic carbocycles. The van der Waals surface area contributed by atoms with Crippen molar-refractivity contribution in [3.63, 3.8) is 0 Å². The maximum absolute atomic E-state index is 11.3. The van der Waals surface area contributed by atoms with E-state index < -0.39 is 6.09 Å². The number of nitrogens with one attached hydrogen (secondary N) is 1. The Hall–Kier alpha value is -2.53. The van der Waals surface area contributed by atoms with Crippen LogP contribution in [-0.4, -0.2) is 18.9 Å². The lowest BCUT2D eigenvalue weighted by atomic mass is 10.1. The van der Waals surface area contributed by atoms with Gasteiger partial charge in [-0.1, -0.05) is 28.9 Å². The number of carbonyl (C=O) groups is 1. The van der Waals surface area contributed by atoms with E-state index in [9.17, 15) is 4.79 Å². The lowest BCUT2D eigenvalue weighted by Crippen LogP contribution is -2.10. The Bertz CT molecular complexity index is 670. The van der Waals surface area contributed by atoms with Crippen LogP contribution in [0.1, 0.15) is 18.9 Å². The number of halogens is 1. The molecule has 0 aromatic heterocycles. The van der Waals surface area contributed by atoms with Crippen molar-refractivity contribution in [3.8, 4) is 5.75 Å². The molecule has 1 N–H and O–H groups in total. The number of ether oxygens (including phenoxy) is 1. The number of anilines is 1. The Morgan fingerprint density at radius 2 is 1.88 bits per heavy atom. The van der Waals surface area contributed by atoms with Crippen molar-refractivity contribution >= 4 is 29.6 Å². The van der Waals surface area contributed by atoms with Gasteiger partial charge in [-0.15, -0.1) is 0 Å². The molecule has 0 heterocycles. The van der Waals surface area contributed by atoms with Gasteiger partial charge in [0.2, 0.25) is 0 Å². The highest BCUT2D eigenvalue weighted by atomic mass is 35.5. The molecule has 0 radical (unpaired) electrons. The van der Waals surface area contributed by atoms with Gasteiger partial charge in [0.25, 0.3) is 0 Å². The third kappa shape index (κ3) is 6.30. The average molecular weight is 347 g/mol. The number of amides is 1. The van der Waals surface area contributed by atoms with Crippen LogP contribution >= 0.6 is 11.6 Å². The third-order valence-electron chi connectivity index (χ3n) is 3.13. The summed E-state index contributed by atoms with van der Waals surface area (Å²) >= 11 is 5.86. The van der Waals surface area contributed by atoms with Gasteiger partial charge >= 0.3 is 6.09 Å². The van der Waals surface area contributed by atoms with E-state index in [4.69, 9.17) is 16.3 Å². The zero-order valence-corrected chi connectivity index (χ0v) is 14.1. The monoisotopic (exact) mass is 346 g/mol. The average Bonchev–Trinajstić information content (AvgIpc) is 2.60. The van der Waals surface area contributed by atoms with Crippen LogP contribution in [0, 0.1) is 0 Å². The summed E-state index contributed by atoms with van der Waals surface area (Å²) < 4.78 is 5.68. The fourth-order valence-corrected chi connectivity index (χ4v) is 2.12. The first kappa shape index (κ1) is 17.8. The lowest BCUT2D eigenvalue weighted by molar-refractivity contribution is 0.167. The molecule has 0 aliphatic heterocycles. The van der Waals surface area contributed by atoms with Crippen LogP contribution < -0.4 is 10.1 Å². The highest BCUT2D eigenvalue weighted by Crippen LogP contribution is 2.17. The standard InChI is InChI=1S/C18H19ClN2O3/c1-2-20-24-18(22)21-16-9-11-17(12-10-16)23-13-3-4-14-5-7-15(19)8-6-14/h2,5-12H,3-4,13H2,1H3,(H,21,22). The molecular weight excluding hydrogens is 328 g/mol. The predicted molar refractivity (Wildman–Crippen MR) is 96.0 cm³/mol. The summed E-state index contributed by atoms with van der Waals surface area (Å²) in [6.07, 6.45) is 2.59. The van der Waals surface area contributed by atoms with Crippen LogP contribution in [0.4, 0.5) is 10.5 Å². The molecule has 2 rings (SSSR count). The van der Waals surface area contributed by atoms with Crippen molar-refractivity contribution in [2.45, 2.75) is 19.8 Å². The first-order valence-electron chi connectivity index (χ1n) is 7.60. The molecule has 6 heteroatoms. The highest BCUT2D eigenvalue weighted by molar-refractivity contribution is 6.30. The summed E-state index contributed by atoms with van der Waals surface area (Å²) in [6, 6.07) is 14.9. The Labute approximate surface area is 146 Å². The molecule has 2 aromatic rings. The Morgan fingerprint density at radius 1 is 1.17 bits per heavy atom. The van der Waals surface area contributed by atoms with E-state index in [1.807, 2.05) is 24.3 Å². The minimum atomic E-state index is -0.635. The van der Waals surface area contributed by atoms with Gasteiger partial charge in [-0.05, 0) is 61.7 Å². The van der Waals surface area contributed by atoms with Gasteiger partial charge in [-0.25, -0.2) is 4.79 Å². The van der Waals surface area contributed by atoms with Gasteiger partial charge in [0.1, 0.15) is 5.75 Å². The first-order valence-corrected chi connectivity index (χ1v) is 7.98. The number of carbonyl (C=O) groups excluding carboxylic acids is 1. The molecule has 5 nitrogen and oxygen atoms in total. The van der Waals surface area contributed by atoms with E-state index in [1.165, 1.54) is 11.8 Å². The van der Waals surface area contributed by atoms with E-state index in [-0.39, 0.29) is 0 Å². The summed E-state index contributed by atoms with van der Waals surface area (Å²) in [5.41, 5.74) is 1.84. The summed E-state index contributed by atoms with van der Waals surface area (Å²) in [6.45, 7) is 2.27. The largest absolute Gasteiger partial charge is 0.494 e. The van der Waals surface area contributed by atoms with Crippen molar-refractivity contribution in [2.75, 3.05) is 11.9 Å². The third-order valence-corrected chi connectivity index (χ3v) is 3.39. The minimum Gasteiger partial charge on any atom is -0.494 e. The molecule has 0 fully saturated rings. The van der Waals surface area contributed by atoms with Crippen LogP contribution in [-0.2, 0) is 11.3 Å². The van der Waals surface area contributed by atoms with Crippen molar-refractivity contribution in [1.29, 1.82) is 0 Å².